The molecule has 22 heavy (non-hydrogen) atoms. The zero-order valence-corrected chi connectivity index (χ0v) is 12.8. The lowest BCUT2D eigenvalue weighted by Crippen LogP contribution is -2.55. The standard InChI is InChI=1S/C18H22N2O2/c1-2-4-15(5-3-1)12-21-14-18-9-7-17(8-10-18,13-22-18)16-6-11-19-20-16/h1-6,11H,7-10,12-14H2,(H,19,20). The van der Waals surface area contributed by atoms with E-state index in [1.54, 1.807) is 0 Å². The molecule has 2 saturated heterocycles. The number of fused-ring (bicyclic) bond motifs is 3. The summed E-state index contributed by atoms with van der Waals surface area (Å²) in [6, 6.07) is 12.4. The summed E-state index contributed by atoms with van der Waals surface area (Å²) in [4.78, 5) is 0. The molecule has 1 N–H and O–H groups in total. The molecule has 4 nitrogen and oxygen atoms in total. The first-order valence-corrected chi connectivity index (χ1v) is 8.06. The SMILES string of the molecule is c1ccc(COCC23CCC(c4ccn[nH]4)(CC2)CO3)cc1. The van der Waals surface area contributed by atoms with Crippen LogP contribution >= 0.6 is 0 Å². The molecule has 0 unspecified atom stereocenters. The highest BCUT2D eigenvalue weighted by Gasteiger charge is 2.51. The molecule has 0 radical (unpaired) electrons. The second kappa shape index (κ2) is 5.52. The molecule has 1 saturated carbocycles. The molecule has 1 aromatic heterocycles. The Morgan fingerprint density at radius 1 is 1.09 bits per heavy atom. The van der Waals surface area contributed by atoms with E-state index in [9.17, 15) is 0 Å². The van der Waals surface area contributed by atoms with Crippen molar-refractivity contribution in [3.8, 4) is 0 Å². The van der Waals surface area contributed by atoms with Gasteiger partial charge in [0.2, 0.25) is 0 Å². The third-order valence-electron chi connectivity index (χ3n) is 5.32. The van der Waals surface area contributed by atoms with Gasteiger partial charge in [-0.1, -0.05) is 30.3 Å². The Bertz CT molecular complexity index is 585. The summed E-state index contributed by atoms with van der Waals surface area (Å²) in [5.41, 5.74) is 2.53. The predicted octanol–water partition coefficient (Wildman–Crippen LogP) is 3.21. The van der Waals surface area contributed by atoms with Crippen LogP contribution in [0.3, 0.4) is 0 Å². The molecule has 2 aromatic rings. The summed E-state index contributed by atoms with van der Waals surface area (Å²) in [6.45, 7) is 2.14. The van der Waals surface area contributed by atoms with E-state index in [4.69, 9.17) is 9.47 Å². The molecule has 4 heteroatoms. The minimum Gasteiger partial charge on any atom is -0.374 e. The smallest absolute Gasteiger partial charge is 0.0916 e. The van der Waals surface area contributed by atoms with E-state index in [1.165, 1.54) is 11.3 Å². The Hall–Kier alpha value is -1.65. The van der Waals surface area contributed by atoms with Gasteiger partial charge in [0.1, 0.15) is 0 Å². The van der Waals surface area contributed by atoms with Crippen LogP contribution in [0.25, 0.3) is 0 Å². The van der Waals surface area contributed by atoms with E-state index in [-0.39, 0.29) is 11.0 Å². The van der Waals surface area contributed by atoms with Crippen molar-refractivity contribution in [3.05, 3.63) is 53.9 Å². The molecule has 1 aromatic carbocycles. The van der Waals surface area contributed by atoms with Gasteiger partial charge in [-0.25, -0.2) is 0 Å². The number of aromatic nitrogens is 2. The fraction of sp³-hybridized carbons (Fsp3) is 0.500. The molecule has 2 bridgehead atoms. The summed E-state index contributed by atoms with van der Waals surface area (Å²) in [5.74, 6) is 0. The van der Waals surface area contributed by atoms with Crippen LogP contribution in [0.4, 0.5) is 0 Å². The van der Waals surface area contributed by atoms with Crippen molar-refractivity contribution in [1.82, 2.24) is 10.2 Å². The molecule has 3 aliphatic rings. The molecule has 2 aliphatic heterocycles. The number of nitrogens with one attached hydrogen (secondary N) is 1. The lowest BCUT2D eigenvalue weighted by atomic mass is 9.65. The van der Waals surface area contributed by atoms with E-state index in [0.717, 1.165) is 32.3 Å². The average Bonchev–Trinajstić information content (AvgIpc) is 3.13. The molecule has 5 rings (SSSR count). The Labute approximate surface area is 130 Å². The van der Waals surface area contributed by atoms with Gasteiger partial charge >= 0.3 is 0 Å². The normalized spacial score (nSPS) is 30.5. The Morgan fingerprint density at radius 2 is 1.91 bits per heavy atom. The Balaban J connectivity index is 1.36. The summed E-state index contributed by atoms with van der Waals surface area (Å²) in [5, 5.41) is 7.24. The van der Waals surface area contributed by atoms with Crippen molar-refractivity contribution < 1.29 is 9.47 Å². The van der Waals surface area contributed by atoms with E-state index < -0.39 is 0 Å². The molecular weight excluding hydrogens is 276 g/mol. The van der Waals surface area contributed by atoms with Gasteiger partial charge < -0.3 is 9.47 Å². The van der Waals surface area contributed by atoms with Crippen molar-refractivity contribution >= 4 is 0 Å². The average molecular weight is 298 g/mol. The fourth-order valence-electron chi connectivity index (χ4n) is 3.78. The maximum absolute atomic E-state index is 6.26. The van der Waals surface area contributed by atoms with Gasteiger partial charge in [0.25, 0.3) is 0 Å². The van der Waals surface area contributed by atoms with Crippen LogP contribution in [0.1, 0.15) is 36.9 Å². The van der Waals surface area contributed by atoms with Gasteiger partial charge in [-0.15, -0.1) is 0 Å². The van der Waals surface area contributed by atoms with Crippen LogP contribution in [0.15, 0.2) is 42.6 Å². The van der Waals surface area contributed by atoms with E-state index in [0.29, 0.717) is 13.2 Å². The summed E-state index contributed by atoms with van der Waals surface area (Å²) in [6.07, 6.45) is 6.29. The Kier molecular flexibility index (Phi) is 3.51. The molecule has 3 fully saturated rings. The highest BCUT2D eigenvalue weighted by atomic mass is 16.5. The number of benzene rings is 1. The first-order chi connectivity index (χ1) is 10.8. The highest BCUT2D eigenvalue weighted by molar-refractivity contribution is 5.20. The molecule has 0 amide bonds. The number of hydrogen-bond acceptors (Lipinski definition) is 3. The largest absolute Gasteiger partial charge is 0.374 e. The minimum atomic E-state index is -0.0729. The first kappa shape index (κ1) is 14.0. The highest BCUT2D eigenvalue weighted by Crippen LogP contribution is 2.49. The number of hydrogen-bond donors (Lipinski definition) is 1. The Morgan fingerprint density at radius 3 is 2.55 bits per heavy atom. The molecule has 1 aliphatic carbocycles. The topological polar surface area (TPSA) is 47.1 Å². The molecular formula is C18H22N2O2. The maximum atomic E-state index is 6.26. The summed E-state index contributed by atoms with van der Waals surface area (Å²) in [7, 11) is 0. The third kappa shape index (κ3) is 2.46. The van der Waals surface area contributed by atoms with Crippen molar-refractivity contribution in [2.75, 3.05) is 13.2 Å². The molecule has 0 spiro atoms. The van der Waals surface area contributed by atoms with Gasteiger partial charge in [0.15, 0.2) is 0 Å². The first-order valence-electron chi connectivity index (χ1n) is 8.06. The van der Waals surface area contributed by atoms with Crippen LogP contribution in [0, 0.1) is 0 Å². The number of H-pyrrole nitrogens is 1. The lowest BCUT2D eigenvalue weighted by Gasteiger charge is -2.52. The van der Waals surface area contributed by atoms with E-state index in [2.05, 4.69) is 28.4 Å². The van der Waals surface area contributed by atoms with Crippen LogP contribution in [0.5, 0.6) is 0 Å². The lowest BCUT2D eigenvalue weighted by molar-refractivity contribution is -0.186. The van der Waals surface area contributed by atoms with Crippen molar-refractivity contribution in [2.24, 2.45) is 0 Å². The monoisotopic (exact) mass is 298 g/mol. The van der Waals surface area contributed by atoms with Gasteiger partial charge in [-0.3, -0.25) is 5.10 Å². The molecule has 0 atom stereocenters. The zero-order chi connectivity index (χ0) is 14.9. The molecule has 3 heterocycles. The summed E-state index contributed by atoms with van der Waals surface area (Å²) < 4.78 is 12.2. The number of nitrogens with zero attached hydrogens (tertiary/aromatic N) is 1. The van der Waals surface area contributed by atoms with Gasteiger partial charge in [0.05, 0.1) is 25.4 Å². The van der Waals surface area contributed by atoms with Gasteiger partial charge in [0, 0.05) is 17.3 Å². The number of rotatable bonds is 5. The van der Waals surface area contributed by atoms with Crippen molar-refractivity contribution in [1.29, 1.82) is 0 Å². The van der Waals surface area contributed by atoms with Crippen molar-refractivity contribution in [2.45, 2.75) is 43.3 Å². The maximum Gasteiger partial charge on any atom is 0.0916 e. The summed E-state index contributed by atoms with van der Waals surface area (Å²) >= 11 is 0. The van der Waals surface area contributed by atoms with Crippen LogP contribution in [0.2, 0.25) is 0 Å². The van der Waals surface area contributed by atoms with Crippen LogP contribution in [-0.4, -0.2) is 29.0 Å². The number of ether oxygens (including phenoxy) is 2. The fourth-order valence-corrected chi connectivity index (χ4v) is 3.78. The van der Waals surface area contributed by atoms with E-state index >= 15 is 0 Å². The minimum absolute atomic E-state index is 0.0729. The second-order valence-electron chi connectivity index (χ2n) is 6.70. The van der Waals surface area contributed by atoms with Crippen LogP contribution < -0.4 is 0 Å². The van der Waals surface area contributed by atoms with E-state index in [1.807, 2.05) is 24.4 Å². The number of aromatic amines is 1. The second-order valence-corrected chi connectivity index (χ2v) is 6.70. The van der Waals surface area contributed by atoms with Gasteiger partial charge in [-0.05, 0) is 37.3 Å². The van der Waals surface area contributed by atoms with Crippen molar-refractivity contribution in [3.63, 3.8) is 0 Å². The van der Waals surface area contributed by atoms with Crippen LogP contribution in [-0.2, 0) is 21.5 Å². The quantitative estimate of drug-likeness (QED) is 0.922. The van der Waals surface area contributed by atoms with Gasteiger partial charge in [-0.2, -0.15) is 5.10 Å². The predicted molar refractivity (Wildman–Crippen MR) is 83.5 cm³/mol. The zero-order valence-electron chi connectivity index (χ0n) is 12.8. The third-order valence-corrected chi connectivity index (χ3v) is 5.32. The molecule has 116 valence electrons.